The SMILES string of the molecule is c1cc2c3cc1CCCCCCCCc1cc(cc(c1)CCCCCCCC3)CCCCCCCC2. The summed E-state index contributed by atoms with van der Waals surface area (Å²) in [5.41, 5.74) is 9.84. The summed E-state index contributed by atoms with van der Waals surface area (Å²) >= 11 is 0. The molecule has 0 amide bonds. The van der Waals surface area contributed by atoms with Crippen molar-refractivity contribution in [2.75, 3.05) is 0 Å². The first-order valence-corrected chi connectivity index (χ1v) is 16.1. The maximum Gasteiger partial charge on any atom is -0.0276 e. The third-order valence-electron chi connectivity index (χ3n) is 8.89. The van der Waals surface area contributed by atoms with E-state index in [1.165, 1.54) is 154 Å². The highest BCUT2D eigenvalue weighted by Crippen LogP contribution is 2.23. The third kappa shape index (κ3) is 10.1. The van der Waals surface area contributed by atoms with Crippen LogP contribution in [0, 0.1) is 0 Å². The minimum absolute atomic E-state index is 1.28. The van der Waals surface area contributed by atoms with Crippen molar-refractivity contribution >= 4 is 0 Å². The van der Waals surface area contributed by atoms with E-state index in [1.807, 2.05) is 0 Å². The molecule has 0 saturated heterocycles. The maximum atomic E-state index is 2.61. The second kappa shape index (κ2) is 16.3. The van der Waals surface area contributed by atoms with Crippen molar-refractivity contribution in [2.45, 2.75) is 154 Å². The van der Waals surface area contributed by atoms with Crippen molar-refractivity contribution in [1.29, 1.82) is 0 Å². The molecular weight excluding hydrogens is 432 g/mol. The van der Waals surface area contributed by atoms with Crippen LogP contribution >= 0.6 is 0 Å². The predicted octanol–water partition coefficient (Wildman–Crippen LogP) is 10.7. The number of rotatable bonds is 0. The van der Waals surface area contributed by atoms with E-state index in [1.54, 1.807) is 33.4 Å². The second-order valence-corrected chi connectivity index (χ2v) is 12.1. The van der Waals surface area contributed by atoms with Gasteiger partial charge in [-0.1, -0.05) is 113 Å². The van der Waals surface area contributed by atoms with Gasteiger partial charge in [-0.05, 0) is 110 Å². The highest BCUT2D eigenvalue weighted by Gasteiger charge is 2.08. The number of hydrogen-bond donors (Lipinski definition) is 0. The molecule has 0 spiro atoms. The summed E-state index contributed by atoms with van der Waals surface area (Å²) in [6.07, 6.45) is 32.9. The Hall–Kier alpha value is -1.56. The van der Waals surface area contributed by atoms with Gasteiger partial charge in [-0.25, -0.2) is 0 Å². The van der Waals surface area contributed by atoms with E-state index in [-0.39, 0.29) is 0 Å². The molecule has 0 heterocycles. The van der Waals surface area contributed by atoms with E-state index in [0.717, 1.165) is 0 Å². The summed E-state index contributed by atoms with van der Waals surface area (Å²) in [7, 11) is 0. The molecule has 2 aliphatic rings. The zero-order valence-electron chi connectivity index (χ0n) is 23.4. The zero-order valence-corrected chi connectivity index (χ0v) is 23.4. The van der Waals surface area contributed by atoms with E-state index in [0.29, 0.717) is 0 Å². The molecule has 0 aromatic heterocycles. The molecule has 2 aliphatic carbocycles. The quantitative estimate of drug-likeness (QED) is 0.347. The number of benzene rings is 2. The van der Waals surface area contributed by atoms with Crippen LogP contribution in [0.5, 0.6) is 0 Å². The zero-order chi connectivity index (χ0) is 24.7. The molecule has 4 rings (SSSR count). The van der Waals surface area contributed by atoms with Crippen LogP contribution in [0.3, 0.4) is 0 Å². The Morgan fingerprint density at radius 3 is 1.03 bits per heavy atom. The lowest BCUT2D eigenvalue weighted by Gasteiger charge is -2.13. The molecule has 0 unspecified atom stereocenters. The fraction of sp³-hybridized carbons (Fsp3) is 0.667. The Balaban J connectivity index is 1.48. The maximum absolute atomic E-state index is 2.61. The largest absolute Gasteiger partial charge is 0.0588 e. The van der Waals surface area contributed by atoms with Gasteiger partial charge in [0.25, 0.3) is 0 Å². The van der Waals surface area contributed by atoms with Crippen molar-refractivity contribution in [3.8, 4) is 0 Å². The third-order valence-corrected chi connectivity index (χ3v) is 8.89. The van der Waals surface area contributed by atoms with Gasteiger partial charge in [-0.2, -0.15) is 0 Å². The predicted molar refractivity (Wildman–Crippen MR) is 158 cm³/mol. The number of aryl methyl sites for hydroxylation is 6. The summed E-state index contributed by atoms with van der Waals surface area (Å²) in [5, 5.41) is 0. The molecule has 2 aromatic rings. The Bertz CT molecular complexity index is 875. The minimum Gasteiger partial charge on any atom is -0.0588 e. The molecule has 2 aromatic carbocycles. The van der Waals surface area contributed by atoms with Gasteiger partial charge in [0.2, 0.25) is 0 Å². The van der Waals surface area contributed by atoms with Gasteiger partial charge in [0.05, 0.1) is 0 Å². The van der Waals surface area contributed by atoms with E-state index in [9.17, 15) is 0 Å². The summed E-state index contributed by atoms with van der Waals surface area (Å²) < 4.78 is 0. The summed E-state index contributed by atoms with van der Waals surface area (Å²) in [5.74, 6) is 0. The Morgan fingerprint density at radius 2 is 0.583 bits per heavy atom. The average molecular weight is 487 g/mol. The normalized spacial score (nSPS) is 20.3. The van der Waals surface area contributed by atoms with E-state index in [2.05, 4.69) is 36.4 Å². The van der Waals surface area contributed by atoms with Crippen molar-refractivity contribution in [3.63, 3.8) is 0 Å². The number of hydrogen-bond acceptors (Lipinski definition) is 0. The molecular formula is C36H54. The van der Waals surface area contributed by atoms with Crippen molar-refractivity contribution in [2.24, 2.45) is 0 Å². The molecule has 0 saturated carbocycles. The van der Waals surface area contributed by atoms with Crippen molar-refractivity contribution in [3.05, 3.63) is 69.8 Å². The van der Waals surface area contributed by atoms with Crippen LogP contribution < -0.4 is 0 Å². The molecule has 0 heteroatoms. The van der Waals surface area contributed by atoms with E-state index in [4.69, 9.17) is 0 Å². The smallest absolute Gasteiger partial charge is 0.0276 e. The van der Waals surface area contributed by atoms with Gasteiger partial charge in [0, 0.05) is 0 Å². The topological polar surface area (TPSA) is 0 Å². The van der Waals surface area contributed by atoms with Crippen molar-refractivity contribution < 1.29 is 0 Å². The van der Waals surface area contributed by atoms with Crippen LogP contribution in [0.25, 0.3) is 0 Å². The molecule has 198 valence electrons. The highest BCUT2D eigenvalue weighted by atomic mass is 14.1. The van der Waals surface area contributed by atoms with E-state index >= 15 is 0 Å². The van der Waals surface area contributed by atoms with Crippen LogP contribution in [0.2, 0.25) is 0 Å². The van der Waals surface area contributed by atoms with Gasteiger partial charge < -0.3 is 0 Å². The summed E-state index contributed by atoms with van der Waals surface area (Å²) in [6.45, 7) is 0. The second-order valence-electron chi connectivity index (χ2n) is 12.1. The molecule has 0 fully saturated rings. The first-order valence-electron chi connectivity index (χ1n) is 16.1. The van der Waals surface area contributed by atoms with Crippen LogP contribution in [0.15, 0.2) is 36.4 Å². The lowest BCUT2D eigenvalue weighted by molar-refractivity contribution is 0.587. The molecule has 0 nitrogen and oxygen atoms in total. The average Bonchev–Trinajstić information content (AvgIpc) is 2.88. The molecule has 0 N–H and O–H groups in total. The van der Waals surface area contributed by atoms with Gasteiger partial charge in [0.15, 0.2) is 0 Å². The van der Waals surface area contributed by atoms with Gasteiger partial charge in [0.1, 0.15) is 0 Å². The van der Waals surface area contributed by atoms with Crippen molar-refractivity contribution in [1.82, 2.24) is 0 Å². The van der Waals surface area contributed by atoms with E-state index < -0.39 is 0 Å². The first kappa shape index (κ1) is 27.5. The van der Waals surface area contributed by atoms with Crippen LogP contribution in [0.1, 0.15) is 149 Å². The fourth-order valence-corrected chi connectivity index (χ4v) is 6.65. The van der Waals surface area contributed by atoms with Crippen LogP contribution in [-0.4, -0.2) is 0 Å². The monoisotopic (exact) mass is 486 g/mol. The fourth-order valence-electron chi connectivity index (χ4n) is 6.65. The molecule has 0 aliphatic heterocycles. The summed E-state index contributed by atoms with van der Waals surface area (Å²) in [6, 6.07) is 15.3. The lowest BCUT2D eigenvalue weighted by atomic mass is 9.93. The molecule has 5 bridgehead atoms. The Morgan fingerprint density at radius 1 is 0.250 bits per heavy atom. The molecule has 36 heavy (non-hydrogen) atoms. The lowest BCUT2D eigenvalue weighted by Crippen LogP contribution is -1.99. The standard InChI is InChI=1S/C36H54/c1-2-8-14-20-32-27-33-21-15-9-3-5-11-17-23-35-26-25-31(19-13-7-1)30-36(35)24-18-12-6-4-10-16-22-34(28-32)29-33/h25-30H,1-24H2. The van der Waals surface area contributed by atoms with Crippen LogP contribution in [-0.2, 0) is 38.5 Å². The Labute approximate surface area is 223 Å². The van der Waals surface area contributed by atoms with Gasteiger partial charge >= 0.3 is 0 Å². The number of fused-ring (bicyclic) bond motifs is 10. The Kier molecular flexibility index (Phi) is 12.5. The highest BCUT2D eigenvalue weighted by molar-refractivity contribution is 5.33. The molecule has 0 atom stereocenters. The first-order chi connectivity index (χ1) is 17.9. The van der Waals surface area contributed by atoms with Gasteiger partial charge in [-0.15, -0.1) is 0 Å². The summed E-state index contributed by atoms with van der Waals surface area (Å²) in [4.78, 5) is 0. The molecule has 0 radical (unpaired) electrons. The van der Waals surface area contributed by atoms with Crippen LogP contribution in [0.4, 0.5) is 0 Å². The van der Waals surface area contributed by atoms with Gasteiger partial charge in [-0.3, -0.25) is 0 Å². The minimum atomic E-state index is 1.28.